The molecule has 2 aromatic carbocycles. The van der Waals surface area contributed by atoms with Crippen molar-refractivity contribution in [3.8, 4) is 5.75 Å². The summed E-state index contributed by atoms with van der Waals surface area (Å²) < 4.78 is 37.8. The van der Waals surface area contributed by atoms with Crippen LogP contribution in [0.1, 0.15) is 5.56 Å². The Labute approximate surface area is 126 Å². The van der Waals surface area contributed by atoms with Gasteiger partial charge in [-0.25, -0.2) is 4.99 Å². The summed E-state index contributed by atoms with van der Waals surface area (Å²) in [5, 5.41) is 0. The summed E-state index contributed by atoms with van der Waals surface area (Å²) in [7, 11) is 1.51. The number of para-hydroxylation sites is 1. The molecule has 3 rings (SSSR count). The number of rotatable bonds is 3. The van der Waals surface area contributed by atoms with Gasteiger partial charge in [0.1, 0.15) is 11.5 Å². The third-order valence-electron chi connectivity index (χ3n) is 3.16. The average Bonchev–Trinajstić information content (AvgIpc) is 2.83. The highest BCUT2D eigenvalue weighted by atomic mass is 19.3. The van der Waals surface area contributed by atoms with Crippen LogP contribution in [0.3, 0.4) is 0 Å². The topological polar surface area (TPSA) is 30.8 Å². The van der Waals surface area contributed by atoms with Crippen LogP contribution in [0.25, 0.3) is 5.76 Å². The van der Waals surface area contributed by atoms with Crippen molar-refractivity contribution in [2.45, 2.75) is 6.11 Å². The molecule has 0 bridgehead atoms. The second-order valence-electron chi connectivity index (χ2n) is 4.69. The number of alkyl halides is 2. The lowest BCUT2D eigenvalue weighted by atomic mass is 10.1. The lowest BCUT2D eigenvalue weighted by Crippen LogP contribution is -2.24. The van der Waals surface area contributed by atoms with Crippen molar-refractivity contribution < 1.29 is 18.3 Å². The first-order valence-electron chi connectivity index (χ1n) is 6.66. The van der Waals surface area contributed by atoms with Gasteiger partial charge in [0, 0.05) is 11.6 Å². The maximum Gasteiger partial charge on any atom is 0.444 e. The predicted molar refractivity (Wildman–Crippen MR) is 80.5 cm³/mol. The Hall–Kier alpha value is -2.69. The lowest BCUT2D eigenvalue weighted by Gasteiger charge is -2.12. The van der Waals surface area contributed by atoms with Crippen molar-refractivity contribution in [2.75, 3.05) is 7.11 Å². The van der Waals surface area contributed by atoms with Crippen LogP contribution in [-0.2, 0) is 4.74 Å². The van der Waals surface area contributed by atoms with E-state index in [-0.39, 0.29) is 5.76 Å². The number of halogens is 2. The van der Waals surface area contributed by atoms with E-state index in [4.69, 9.17) is 9.47 Å². The monoisotopic (exact) mass is 301 g/mol. The quantitative estimate of drug-likeness (QED) is 0.839. The number of hydrogen-bond acceptors (Lipinski definition) is 3. The molecule has 1 aliphatic rings. The molecule has 0 N–H and O–H groups in total. The maximum atomic E-state index is 14.0. The fraction of sp³-hybridized carbons (Fsp3) is 0.118. The van der Waals surface area contributed by atoms with Crippen LogP contribution in [-0.4, -0.2) is 18.9 Å². The van der Waals surface area contributed by atoms with Crippen LogP contribution in [0.5, 0.6) is 5.75 Å². The summed E-state index contributed by atoms with van der Waals surface area (Å²) in [5.74, 6) is 0.636. The van der Waals surface area contributed by atoms with Crippen LogP contribution in [0.15, 0.2) is 65.7 Å². The summed E-state index contributed by atoms with van der Waals surface area (Å²) >= 11 is 0. The zero-order chi connectivity index (χ0) is 15.6. The van der Waals surface area contributed by atoms with E-state index in [1.807, 2.05) is 0 Å². The molecule has 0 fully saturated rings. The van der Waals surface area contributed by atoms with Gasteiger partial charge in [0.2, 0.25) is 0 Å². The molecular formula is C17H13F2NO2. The first-order chi connectivity index (χ1) is 10.6. The number of nitrogens with zero attached hydrogens (tertiary/aromatic N) is 1. The standard InChI is InChI=1S/C17H13F2NO2/c1-21-14-9-5-6-12(10-14)15-11-16(17(18,19)22-15)20-13-7-3-2-4-8-13/h2-11H,1H3. The Bertz CT molecular complexity index is 739. The van der Waals surface area contributed by atoms with Gasteiger partial charge >= 0.3 is 6.11 Å². The highest BCUT2D eigenvalue weighted by Crippen LogP contribution is 2.36. The SMILES string of the molecule is COc1cccc(C2=CC(=Nc3ccccc3)C(F)(F)O2)c1. The maximum absolute atomic E-state index is 14.0. The smallest absolute Gasteiger partial charge is 0.444 e. The number of hydrogen-bond donors (Lipinski definition) is 0. The summed E-state index contributed by atoms with van der Waals surface area (Å²) in [6.45, 7) is 0. The Morgan fingerprint density at radius 1 is 1.05 bits per heavy atom. The summed E-state index contributed by atoms with van der Waals surface area (Å²) in [5.41, 5.74) is 0.540. The highest BCUT2D eigenvalue weighted by molar-refractivity contribution is 6.08. The van der Waals surface area contributed by atoms with Gasteiger partial charge in [-0.2, -0.15) is 8.78 Å². The van der Waals surface area contributed by atoms with Crippen molar-refractivity contribution in [3.05, 3.63) is 66.2 Å². The first-order valence-corrected chi connectivity index (χ1v) is 6.66. The van der Waals surface area contributed by atoms with Crippen molar-refractivity contribution in [1.82, 2.24) is 0 Å². The third-order valence-corrected chi connectivity index (χ3v) is 3.16. The van der Waals surface area contributed by atoms with Gasteiger partial charge in [0.15, 0.2) is 5.71 Å². The number of aliphatic imine (C=N–C) groups is 1. The second-order valence-corrected chi connectivity index (χ2v) is 4.69. The molecule has 3 nitrogen and oxygen atoms in total. The van der Waals surface area contributed by atoms with Crippen molar-refractivity contribution in [3.63, 3.8) is 0 Å². The van der Waals surface area contributed by atoms with Crippen molar-refractivity contribution in [1.29, 1.82) is 0 Å². The number of methoxy groups -OCH3 is 1. The van der Waals surface area contributed by atoms with E-state index in [0.717, 1.165) is 0 Å². The van der Waals surface area contributed by atoms with E-state index >= 15 is 0 Å². The van der Waals surface area contributed by atoms with Gasteiger partial charge in [-0.3, -0.25) is 0 Å². The van der Waals surface area contributed by atoms with Crippen molar-refractivity contribution in [2.24, 2.45) is 4.99 Å². The molecule has 1 aliphatic heterocycles. The molecule has 0 amide bonds. The molecule has 0 atom stereocenters. The fourth-order valence-electron chi connectivity index (χ4n) is 2.09. The average molecular weight is 301 g/mol. The number of ether oxygens (including phenoxy) is 2. The minimum atomic E-state index is -3.45. The summed E-state index contributed by atoms with van der Waals surface area (Å²) in [6.07, 6.45) is -2.20. The van der Waals surface area contributed by atoms with E-state index in [1.165, 1.54) is 13.2 Å². The van der Waals surface area contributed by atoms with Gasteiger partial charge < -0.3 is 9.47 Å². The molecule has 112 valence electrons. The predicted octanol–water partition coefficient (Wildman–Crippen LogP) is 4.43. The normalized spacial score (nSPS) is 18.0. The molecule has 0 unspecified atom stereocenters. The molecular weight excluding hydrogens is 288 g/mol. The molecule has 0 saturated carbocycles. The fourth-order valence-corrected chi connectivity index (χ4v) is 2.09. The number of benzene rings is 2. The molecule has 2 aromatic rings. The zero-order valence-electron chi connectivity index (χ0n) is 11.8. The molecule has 0 aliphatic carbocycles. The van der Waals surface area contributed by atoms with E-state index in [1.54, 1.807) is 54.6 Å². The molecule has 22 heavy (non-hydrogen) atoms. The van der Waals surface area contributed by atoms with Gasteiger partial charge in [-0.1, -0.05) is 30.3 Å². The molecule has 0 radical (unpaired) electrons. The summed E-state index contributed by atoms with van der Waals surface area (Å²) in [4.78, 5) is 3.96. The van der Waals surface area contributed by atoms with Gasteiger partial charge in [0.25, 0.3) is 0 Å². The molecule has 5 heteroatoms. The van der Waals surface area contributed by atoms with Crippen molar-refractivity contribution >= 4 is 17.2 Å². The Morgan fingerprint density at radius 3 is 2.55 bits per heavy atom. The first kappa shape index (κ1) is 14.3. The molecule has 0 aromatic heterocycles. The third kappa shape index (κ3) is 2.83. The van der Waals surface area contributed by atoms with Crippen LogP contribution in [0, 0.1) is 0 Å². The van der Waals surface area contributed by atoms with Crippen LogP contribution in [0.4, 0.5) is 14.5 Å². The van der Waals surface area contributed by atoms with Crippen LogP contribution >= 0.6 is 0 Å². The molecule has 0 saturated heterocycles. The minimum Gasteiger partial charge on any atom is -0.497 e. The molecule has 1 heterocycles. The van der Waals surface area contributed by atoms with E-state index in [0.29, 0.717) is 17.0 Å². The molecule has 0 spiro atoms. The second kappa shape index (κ2) is 5.60. The lowest BCUT2D eigenvalue weighted by molar-refractivity contribution is -0.125. The van der Waals surface area contributed by atoms with E-state index < -0.39 is 11.8 Å². The van der Waals surface area contributed by atoms with Crippen LogP contribution < -0.4 is 4.74 Å². The Morgan fingerprint density at radius 2 is 1.82 bits per heavy atom. The Balaban J connectivity index is 1.97. The van der Waals surface area contributed by atoms with Gasteiger partial charge in [0.05, 0.1) is 12.8 Å². The largest absolute Gasteiger partial charge is 0.497 e. The Kier molecular flexibility index (Phi) is 3.63. The zero-order valence-corrected chi connectivity index (χ0v) is 11.8. The van der Waals surface area contributed by atoms with Crippen LogP contribution in [0.2, 0.25) is 0 Å². The van der Waals surface area contributed by atoms with Gasteiger partial charge in [-0.05, 0) is 24.3 Å². The summed E-state index contributed by atoms with van der Waals surface area (Å²) in [6, 6.07) is 15.3. The highest BCUT2D eigenvalue weighted by Gasteiger charge is 2.44. The minimum absolute atomic E-state index is 0.0681. The van der Waals surface area contributed by atoms with Gasteiger partial charge in [-0.15, -0.1) is 0 Å². The van der Waals surface area contributed by atoms with E-state index in [9.17, 15) is 8.78 Å². The van der Waals surface area contributed by atoms with E-state index in [2.05, 4.69) is 4.99 Å².